The van der Waals surface area contributed by atoms with Crippen molar-refractivity contribution in [2.24, 2.45) is 7.05 Å². The Morgan fingerprint density at radius 3 is 2.74 bits per heavy atom. The van der Waals surface area contributed by atoms with Gasteiger partial charge < -0.3 is 9.30 Å². The number of Topliss-reactive ketones (excluding diaryl/α,β-unsaturated/α-hetero) is 1. The molecule has 3 aromatic rings. The van der Waals surface area contributed by atoms with Crippen LogP contribution in [-0.4, -0.2) is 26.9 Å². The summed E-state index contributed by atoms with van der Waals surface area (Å²) in [5.74, 6) is -1.36. The molecule has 3 rings (SSSR count). The number of nitro benzene ring substituents is 1. The van der Waals surface area contributed by atoms with E-state index < -0.39 is 16.6 Å². The van der Waals surface area contributed by atoms with Crippen LogP contribution in [0, 0.1) is 21.4 Å². The molecule has 0 radical (unpaired) electrons. The minimum absolute atomic E-state index is 0.0590. The Morgan fingerprint density at radius 1 is 1.37 bits per heavy atom. The minimum atomic E-state index is -1.18. The molecular formula is C19H16N4O4. The van der Waals surface area contributed by atoms with Crippen molar-refractivity contribution in [2.75, 3.05) is 6.61 Å². The highest BCUT2D eigenvalue weighted by molar-refractivity contribution is 6.03. The number of aryl methyl sites for hydroxylation is 1. The van der Waals surface area contributed by atoms with E-state index in [1.807, 2.05) is 24.3 Å². The second kappa shape index (κ2) is 7.25. The number of nitriles is 1. The fourth-order valence-corrected chi connectivity index (χ4v) is 2.91. The fourth-order valence-electron chi connectivity index (χ4n) is 2.91. The van der Waals surface area contributed by atoms with Crippen molar-refractivity contribution in [1.82, 2.24) is 9.55 Å². The van der Waals surface area contributed by atoms with Gasteiger partial charge in [0.2, 0.25) is 0 Å². The Hall–Kier alpha value is -3.73. The van der Waals surface area contributed by atoms with E-state index >= 15 is 0 Å². The second-order valence-corrected chi connectivity index (χ2v) is 5.82. The van der Waals surface area contributed by atoms with E-state index in [0.29, 0.717) is 11.3 Å². The standard InChI is InChI=1S/C19H16N4O4/c1-3-27-17-9-8-12(10-16(17)23(25)26)18(24)13(11-20)19-21-14-6-4-5-7-15(14)22(19)2/h4-10,13H,3H2,1-2H3. The maximum atomic E-state index is 12.9. The number of fused-ring (bicyclic) bond motifs is 1. The summed E-state index contributed by atoms with van der Waals surface area (Å²) in [7, 11) is 1.73. The number of ketones is 1. The molecule has 0 N–H and O–H groups in total. The Bertz CT molecular complexity index is 1080. The summed E-state index contributed by atoms with van der Waals surface area (Å²) in [6.45, 7) is 1.97. The second-order valence-electron chi connectivity index (χ2n) is 5.82. The van der Waals surface area contributed by atoms with Crippen LogP contribution in [0.15, 0.2) is 42.5 Å². The summed E-state index contributed by atoms with van der Waals surface area (Å²) >= 11 is 0. The summed E-state index contributed by atoms with van der Waals surface area (Å²) in [5, 5.41) is 20.9. The molecule has 8 nitrogen and oxygen atoms in total. The smallest absolute Gasteiger partial charge is 0.311 e. The van der Waals surface area contributed by atoms with Crippen molar-refractivity contribution in [3.63, 3.8) is 0 Å². The lowest BCUT2D eigenvalue weighted by Crippen LogP contribution is -2.16. The van der Waals surface area contributed by atoms with Gasteiger partial charge in [-0.3, -0.25) is 14.9 Å². The molecule has 1 atom stereocenters. The average molecular weight is 364 g/mol. The van der Waals surface area contributed by atoms with E-state index in [4.69, 9.17) is 4.74 Å². The number of para-hydroxylation sites is 2. The van der Waals surface area contributed by atoms with Gasteiger partial charge in [0.15, 0.2) is 17.5 Å². The van der Waals surface area contributed by atoms with Crippen LogP contribution in [0.25, 0.3) is 11.0 Å². The number of hydrogen-bond acceptors (Lipinski definition) is 6. The maximum Gasteiger partial charge on any atom is 0.311 e. The molecule has 0 saturated carbocycles. The van der Waals surface area contributed by atoms with Crippen LogP contribution in [0.3, 0.4) is 0 Å². The first-order valence-corrected chi connectivity index (χ1v) is 8.24. The van der Waals surface area contributed by atoms with Crippen LogP contribution in [0.4, 0.5) is 5.69 Å². The predicted molar refractivity (Wildman–Crippen MR) is 97.7 cm³/mol. The molecule has 0 spiro atoms. The van der Waals surface area contributed by atoms with Gasteiger partial charge in [-0.1, -0.05) is 12.1 Å². The first-order valence-electron chi connectivity index (χ1n) is 8.24. The van der Waals surface area contributed by atoms with Gasteiger partial charge in [-0.25, -0.2) is 4.98 Å². The van der Waals surface area contributed by atoms with Crippen LogP contribution in [0.1, 0.15) is 29.0 Å². The highest BCUT2D eigenvalue weighted by atomic mass is 16.6. The number of hydrogen-bond donors (Lipinski definition) is 0. The van der Waals surface area contributed by atoms with E-state index in [-0.39, 0.29) is 23.6 Å². The number of rotatable bonds is 6. The quantitative estimate of drug-likeness (QED) is 0.377. The topological polar surface area (TPSA) is 111 Å². The Kier molecular flexibility index (Phi) is 4.86. The number of carbonyl (C=O) groups is 1. The summed E-state index contributed by atoms with van der Waals surface area (Å²) in [4.78, 5) is 28.0. The number of aromatic nitrogens is 2. The molecule has 0 bridgehead atoms. The third-order valence-corrected chi connectivity index (χ3v) is 4.21. The molecule has 0 amide bonds. The maximum absolute atomic E-state index is 12.9. The Labute approximate surface area is 154 Å². The zero-order valence-electron chi connectivity index (χ0n) is 14.7. The van der Waals surface area contributed by atoms with Gasteiger partial charge in [0.1, 0.15) is 5.82 Å². The number of nitro groups is 1. The zero-order chi connectivity index (χ0) is 19.6. The van der Waals surface area contributed by atoms with Gasteiger partial charge >= 0.3 is 5.69 Å². The summed E-state index contributed by atoms with van der Waals surface area (Å²) in [5.41, 5.74) is 1.20. The third-order valence-electron chi connectivity index (χ3n) is 4.21. The van der Waals surface area contributed by atoms with Crippen LogP contribution < -0.4 is 4.74 Å². The molecule has 1 heterocycles. The van der Waals surface area contributed by atoms with Crippen molar-refractivity contribution >= 4 is 22.5 Å². The molecule has 0 aliphatic rings. The van der Waals surface area contributed by atoms with Gasteiger partial charge in [-0.15, -0.1) is 0 Å². The molecule has 1 aromatic heterocycles. The molecule has 2 aromatic carbocycles. The summed E-state index contributed by atoms with van der Waals surface area (Å²) in [6.07, 6.45) is 0. The summed E-state index contributed by atoms with van der Waals surface area (Å²) in [6, 6.07) is 13.2. The molecule has 1 unspecified atom stereocenters. The molecule has 8 heteroatoms. The molecule has 0 aliphatic carbocycles. The summed E-state index contributed by atoms with van der Waals surface area (Å²) < 4.78 is 6.91. The van der Waals surface area contributed by atoms with Crippen molar-refractivity contribution in [2.45, 2.75) is 12.8 Å². The minimum Gasteiger partial charge on any atom is -0.487 e. The predicted octanol–water partition coefficient (Wildman–Crippen LogP) is 3.37. The van der Waals surface area contributed by atoms with E-state index in [1.54, 1.807) is 24.6 Å². The molecule has 0 aliphatic heterocycles. The van der Waals surface area contributed by atoms with E-state index in [2.05, 4.69) is 4.98 Å². The van der Waals surface area contributed by atoms with Gasteiger partial charge in [0.25, 0.3) is 0 Å². The number of carbonyl (C=O) groups excluding carboxylic acids is 1. The van der Waals surface area contributed by atoms with Crippen molar-refractivity contribution < 1.29 is 14.5 Å². The Morgan fingerprint density at radius 2 is 2.11 bits per heavy atom. The van der Waals surface area contributed by atoms with Crippen LogP contribution >= 0.6 is 0 Å². The zero-order valence-corrected chi connectivity index (χ0v) is 14.7. The first kappa shape index (κ1) is 18.1. The molecule has 136 valence electrons. The third kappa shape index (κ3) is 3.22. The fraction of sp³-hybridized carbons (Fsp3) is 0.211. The molecular weight excluding hydrogens is 348 g/mol. The lowest BCUT2D eigenvalue weighted by molar-refractivity contribution is -0.385. The molecule has 0 saturated heterocycles. The lowest BCUT2D eigenvalue weighted by Gasteiger charge is -2.10. The van der Waals surface area contributed by atoms with Gasteiger partial charge in [0, 0.05) is 18.7 Å². The molecule has 0 fully saturated rings. The largest absolute Gasteiger partial charge is 0.487 e. The normalized spacial score (nSPS) is 11.7. The highest BCUT2D eigenvalue weighted by Gasteiger charge is 2.29. The number of ether oxygens (including phenoxy) is 1. The van der Waals surface area contributed by atoms with E-state index in [1.165, 1.54) is 12.1 Å². The highest BCUT2D eigenvalue weighted by Crippen LogP contribution is 2.31. The lowest BCUT2D eigenvalue weighted by atomic mass is 9.97. The van der Waals surface area contributed by atoms with E-state index in [9.17, 15) is 20.2 Å². The number of benzene rings is 2. The SMILES string of the molecule is CCOc1ccc(C(=O)C(C#N)c2nc3ccccc3n2C)cc1[N+](=O)[O-]. The van der Waals surface area contributed by atoms with Crippen LogP contribution in [-0.2, 0) is 7.05 Å². The van der Waals surface area contributed by atoms with Gasteiger partial charge in [-0.05, 0) is 31.2 Å². The molecule has 27 heavy (non-hydrogen) atoms. The van der Waals surface area contributed by atoms with Crippen molar-refractivity contribution in [1.29, 1.82) is 5.26 Å². The van der Waals surface area contributed by atoms with Gasteiger partial charge in [-0.2, -0.15) is 5.26 Å². The van der Waals surface area contributed by atoms with Crippen LogP contribution in [0.2, 0.25) is 0 Å². The van der Waals surface area contributed by atoms with Crippen LogP contribution in [0.5, 0.6) is 5.75 Å². The average Bonchev–Trinajstić information content (AvgIpc) is 2.99. The number of imidazole rings is 1. The van der Waals surface area contributed by atoms with Crippen molar-refractivity contribution in [3.05, 3.63) is 64.0 Å². The first-order chi connectivity index (χ1) is 13.0. The monoisotopic (exact) mass is 364 g/mol. The number of nitrogens with zero attached hydrogens (tertiary/aromatic N) is 4. The Balaban J connectivity index is 2.05. The van der Waals surface area contributed by atoms with Crippen molar-refractivity contribution in [3.8, 4) is 11.8 Å². The van der Waals surface area contributed by atoms with E-state index in [0.717, 1.165) is 11.6 Å². The van der Waals surface area contributed by atoms with Gasteiger partial charge in [0.05, 0.1) is 28.6 Å².